The Balaban J connectivity index is 2.15. The minimum absolute atomic E-state index is 0.0608. The van der Waals surface area contributed by atoms with Crippen LogP contribution in [0.5, 0.6) is 5.75 Å². The molecule has 0 aliphatic rings. The first kappa shape index (κ1) is 13.6. The van der Waals surface area contributed by atoms with E-state index in [1.54, 1.807) is 30.3 Å². The summed E-state index contributed by atoms with van der Waals surface area (Å²) in [7, 11) is 0. The van der Waals surface area contributed by atoms with Crippen molar-refractivity contribution in [2.75, 3.05) is 5.32 Å². The van der Waals surface area contributed by atoms with Gasteiger partial charge in [-0.15, -0.1) is 0 Å². The molecule has 19 heavy (non-hydrogen) atoms. The highest BCUT2D eigenvalue weighted by Crippen LogP contribution is 2.26. The lowest BCUT2D eigenvalue weighted by atomic mass is 10.2. The monoisotopic (exact) mass is 370 g/mol. The molecule has 0 fully saturated rings. The largest absolute Gasteiger partial charge is 0.508 e. The molecule has 2 aromatic rings. The molecule has 6 heteroatoms. The van der Waals surface area contributed by atoms with Crippen LogP contribution >= 0.6 is 22.6 Å². The third-order valence-electron chi connectivity index (χ3n) is 2.58. The average Bonchev–Trinajstić information content (AvgIpc) is 2.39. The van der Waals surface area contributed by atoms with Gasteiger partial charge in [-0.2, -0.15) is 0 Å². The molecule has 0 spiro atoms. The van der Waals surface area contributed by atoms with E-state index in [1.165, 1.54) is 6.07 Å². The highest BCUT2D eigenvalue weighted by atomic mass is 127. The van der Waals surface area contributed by atoms with Gasteiger partial charge in [0.1, 0.15) is 11.4 Å². The summed E-state index contributed by atoms with van der Waals surface area (Å²) in [6, 6.07) is 11.7. The Morgan fingerprint density at radius 3 is 2.53 bits per heavy atom. The van der Waals surface area contributed by atoms with E-state index in [0.29, 0.717) is 12.2 Å². The normalized spacial score (nSPS) is 10.2. The number of phenols is 1. The molecule has 0 aromatic heterocycles. The summed E-state index contributed by atoms with van der Waals surface area (Å²) in [5.41, 5.74) is 1.48. The molecule has 0 saturated heterocycles. The van der Waals surface area contributed by atoms with Crippen LogP contribution in [-0.2, 0) is 6.54 Å². The standard InChI is InChI=1S/C13H11IN2O3/c14-10-3-6-12(13(7-10)16(18)19)15-8-9-1-4-11(17)5-2-9/h1-7,15,17H,8H2. The first-order valence-electron chi connectivity index (χ1n) is 5.52. The zero-order valence-corrected chi connectivity index (χ0v) is 12.0. The van der Waals surface area contributed by atoms with Crippen molar-refractivity contribution < 1.29 is 10.0 Å². The molecule has 2 aromatic carbocycles. The quantitative estimate of drug-likeness (QED) is 0.491. The number of nitrogens with one attached hydrogen (secondary N) is 1. The average molecular weight is 370 g/mol. The van der Waals surface area contributed by atoms with Crippen LogP contribution < -0.4 is 5.32 Å². The van der Waals surface area contributed by atoms with Gasteiger partial charge in [0, 0.05) is 16.2 Å². The van der Waals surface area contributed by atoms with Gasteiger partial charge in [0.2, 0.25) is 0 Å². The zero-order valence-electron chi connectivity index (χ0n) is 9.84. The molecule has 0 bridgehead atoms. The third kappa shape index (κ3) is 3.57. The summed E-state index contributed by atoms with van der Waals surface area (Å²) in [6.07, 6.45) is 0. The number of nitrogens with zero attached hydrogens (tertiary/aromatic N) is 1. The second-order valence-electron chi connectivity index (χ2n) is 3.94. The summed E-state index contributed by atoms with van der Waals surface area (Å²) in [6.45, 7) is 0.460. The first-order chi connectivity index (χ1) is 9.06. The lowest BCUT2D eigenvalue weighted by Gasteiger charge is -2.07. The SMILES string of the molecule is O=[N+]([O-])c1cc(I)ccc1NCc1ccc(O)cc1. The Bertz CT molecular complexity index is 599. The van der Waals surface area contributed by atoms with Gasteiger partial charge < -0.3 is 10.4 Å². The molecular formula is C13H11IN2O3. The fourth-order valence-electron chi connectivity index (χ4n) is 1.62. The third-order valence-corrected chi connectivity index (χ3v) is 3.25. The van der Waals surface area contributed by atoms with E-state index in [4.69, 9.17) is 0 Å². The van der Waals surface area contributed by atoms with Crippen LogP contribution in [-0.4, -0.2) is 10.0 Å². The minimum atomic E-state index is -0.401. The molecule has 0 heterocycles. The minimum Gasteiger partial charge on any atom is -0.508 e. The van der Waals surface area contributed by atoms with Crippen LogP contribution in [0.3, 0.4) is 0 Å². The van der Waals surface area contributed by atoms with Crippen LogP contribution in [0.4, 0.5) is 11.4 Å². The van der Waals surface area contributed by atoms with E-state index >= 15 is 0 Å². The molecule has 0 atom stereocenters. The van der Waals surface area contributed by atoms with Crippen molar-refractivity contribution in [3.05, 3.63) is 61.7 Å². The number of benzene rings is 2. The number of halogens is 1. The molecule has 98 valence electrons. The van der Waals surface area contributed by atoms with Crippen LogP contribution in [0.2, 0.25) is 0 Å². The van der Waals surface area contributed by atoms with Crippen LogP contribution in [0.25, 0.3) is 0 Å². The lowest BCUT2D eigenvalue weighted by molar-refractivity contribution is -0.384. The van der Waals surface area contributed by atoms with Crippen LogP contribution in [0.15, 0.2) is 42.5 Å². The molecule has 0 saturated carbocycles. The number of hydrogen-bond acceptors (Lipinski definition) is 4. The van der Waals surface area contributed by atoms with Crippen LogP contribution in [0.1, 0.15) is 5.56 Å². The molecule has 2 rings (SSSR count). The molecule has 0 aliphatic carbocycles. The second kappa shape index (κ2) is 5.87. The lowest BCUT2D eigenvalue weighted by Crippen LogP contribution is -2.02. The summed E-state index contributed by atoms with van der Waals surface area (Å²) < 4.78 is 0.819. The van der Waals surface area contributed by atoms with Gasteiger partial charge in [-0.1, -0.05) is 12.1 Å². The number of nitro groups is 1. The second-order valence-corrected chi connectivity index (χ2v) is 5.18. The maximum absolute atomic E-state index is 11.0. The number of rotatable bonds is 4. The van der Waals surface area contributed by atoms with E-state index in [2.05, 4.69) is 5.32 Å². The Hall–Kier alpha value is -1.83. The highest BCUT2D eigenvalue weighted by molar-refractivity contribution is 14.1. The molecule has 0 radical (unpaired) electrons. The summed E-state index contributed by atoms with van der Waals surface area (Å²) in [5, 5.41) is 23.2. The predicted molar refractivity (Wildman–Crippen MR) is 81.2 cm³/mol. The van der Waals surface area contributed by atoms with Crippen LogP contribution in [0, 0.1) is 13.7 Å². The Morgan fingerprint density at radius 1 is 1.21 bits per heavy atom. The van der Waals surface area contributed by atoms with E-state index in [-0.39, 0.29) is 11.4 Å². The fraction of sp³-hybridized carbons (Fsp3) is 0.0769. The van der Waals surface area contributed by atoms with Gasteiger partial charge in [-0.3, -0.25) is 10.1 Å². The summed E-state index contributed by atoms with van der Waals surface area (Å²) in [4.78, 5) is 10.6. The smallest absolute Gasteiger partial charge is 0.293 e. The number of nitro benzene ring substituents is 1. The van der Waals surface area contributed by atoms with Gasteiger partial charge >= 0.3 is 0 Å². The van der Waals surface area contributed by atoms with Crippen molar-refractivity contribution in [1.82, 2.24) is 0 Å². The number of phenolic OH excluding ortho intramolecular Hbond substituents is 1. The molecule has 0 amide bonds. The number of aromatic hydroxyl groups is 1. The zero-order chi connectivity index (χ0) is 13.8. The van der Waals surface area contributed by atoms with Crippen molar-refractivity contribution in [2.24, 2.45) is 0 Å². The van der Waals surface area contributed by atoms with Crippen molar-refractivity contribution in [3.63, 3.8) is 0 Å². The molecule has 0 unspecified atom stereocenters. The highest BCUT2D eigenvalue weighted by Gasteiger charge is 2.13. The van der Waals surface area contributed by atoms with Crippen molar-refractivity contribution in [1.29, 1.82) is 0 Å². The van der Waals surface area contributed by atoms with Crippen molar-refractivity contribution in [2.45, 2.75) is 6.54 Å². The summed E-state index contributed by atoms with van der Waals surface area (Å²) >= 11 is 2.04. The van der Waals surface area contributed by atoms with Gasteiger partial charge in [0.05, 0.1) is 4.92 Å². The molecule has 0 aliphatic heterocycles. The first-order valence-corrected chi connectivity index (χ1v) is 6.60. The Morgan fingerprint density at radius 2 is 1.89 bits per heavy atom. The fourth-order valence-corrected chi connectivity index (χ4v) is 2.09. The maximum Gasteiger partial charge on any atom is 0.293 e. The van der Waals surface area contributed by atoms with E-state index in [0.717, 1.165) is 9.13 Å². The molecule has 2 N–H and O–H groups in total. The van der Waals surface area contributed by atoms with Gasteiger partial charge in [0.25, 0.3) is 5.69 Å². The molecular weight excluding hydrogens is 359 g/mol. The van der Waals surface area contributed by atoms with Crippen molar-refractivity contribution >= 4 is 34.0 Å². The molecule has 5 nitrogen and oxygen atoms in total. The maximum atomic E-state index is 11.0. The Kier molecular flexibility index (Phi) is 4.20. The Labute approximate surface area is 123 Å². The van der Waals surface area contributed by atoms with Crippen molar-refractivity contribution in [3.8, 4) is 5.75 Å². The van der Waals surface area contributed by atoms with E-state index < -0.39 is 4.92 Å². The van der Waals surface area contributed by atoms with E-state index in [9.17, 15) is 15.2 Å². The van der Waals surface area contributed by atoms with Gasteiger partial charge in [-0.25, -0.2) is 0 Å². The van der Waals surface area contributed by atoms with Gasteiger partial charge in [0.15, 0.2) is 0 Å². The summed E-state index contributed by atoms with van der Waals surface area (Å²) in [5.74, 6) is 0.198. The number of anilines is 1. The van der Waals surface area contributed by atoms with E-state index in [1.807, 2.05) is 28.7 Å². The number of hydrogen-bond donors (Lipinski definition) is 2. The topological polar surface area (TPSA) is 75.4 Å². The van der Waals surface area contributed by atoms with Gasteiger partial charge in [-0.05, 0) is 52.4 Å². The predicted octanol–water partition coefficient (Wildman–Crippen LogP) is 3.52.